The third-order valence-corrected chi connectivity index (χ3v) is 4.51. The number of ether oxygens (including phenoxy) is 1. The van der Waals surface area contributed by atoms with E-state index in [0.717, 1.165) is 12.0 Å². The molecule has 0 bridgehead atoms. The second-order valence-corrected chi connectivity index (χ2v) is 5.95. The first kappa shape index (κ1) is 16.5. The van der Waals surface area contributed by atoms with Crippen molar-refractivity contribution in [3.8, 4) is 0 Å². The van der Waals surface area contributed by atoms with Crippen molar-refractivity contribution in [1.82, 2.24) is 9.88 Å². The number of nitrogens with one attached hydrogen (secondary N) is 1. The Kier molecular flexibility index (Phi) is 4.81. The quantitative estimate of drug-likeness (QED) is 0.916. The van der Waals surface area contributed by atoms with E-state index < -0.39 is 5.60 Å². The SMILES string of the molecule is CCn1cccc(CNC(=O)C2(c3ccccc3)CCCO2)c1=O. The largest absolute Gasteiger partial charge is 0.360 e. The number of amides is 1. The normalized spacial score (nSPS) is 20.0. The molecule has 2 heterocycles. The van der Waals surface area contributed by atoms with E-state index >= 15 is 0 Å². The van der Waals surface area contributed by atoms with E-state index in [-0.39, 0.29) is 18.0 Å². The van der Waals surface area contributed by atoms with Crippen molar-refractivity contribution >= 4 is 5.91 Å². The van der Waals surface area contributed by atoms with Crippen LogP contribution in [0, 0.1) is 0 Å². The number of hydrogen-bond acceptors (Lipinski definition) is 3. The minimum Gasteiger partial charge on any atom is -0.360 e. The number of nitrogens with zero attached hydrogens (tertiary/aromatic N) is 1. The van der Waals surface area contributed by atoms with Crippen molar-refractivity contribution in [2.75, 3.05) is 6.61 Å². The van der Waals surface area contributed by atoms with Crippen LogP contribution in [-0.2, 0) is 28.2 Å². The molecule has 5 nitrogen and oxygen atoms in total. The van der Waals surface area contributed by atoms with Gasteiger partial charge in [0.25, 0.3) is 11.5 Å². The zero-order valence-corrected chi connectivity index (χ0v) is 13.8. The van der Waals surface area contributed by atoms with E-state index in [2.05, 4.69) is 5.32 Å². The van der Waals surface area contributed by atoms with Gasteiger partial charge in [0.1, 0.15) is 0 Å². The number of rotatable bonds is 5. The maximum absolute atomic E-state index is 12.9. The summed E-state index contributed by atoms with van der Waals surface area (Å²) in [5, 5.41) is 2.90. The van der Waals surface area contributed by atoms with Crippen LogP contribution in [0.1, 0.15) is 30.9 Å². The van der Waals surface area contributed by atoms with E-state index in [1.165, 1.54) is 0 Å². The van der Waals surface area contributed by atoms with Gasteiger partial charge in [0.05, 0.1) is 0 Å². The third kappa shape index (κ3) is 2.99. The number of carbonyl (C=O) groups is 1. The summed E-state index contributed by atoms with van der Waals surface area (Å²) >= 11 is 0. The fourth-order valence-electron chi connectivity index (χ4n) is 3.17. The second kappa shape index (κ2) is 7.01. The number of benzene rings is 1. The molecule has 1 atom stereocenters. The summed E-state index contributed by atoms with van der Waals surface area (Å²) in [7, 11) is 0. The Bertz CT molecular complexity index is 762. The van der Waals surface area contributed by atoms with Crippen LogP contribution in [0.15, 0.2) is 53.5 Å². The molecule has 0 spiro atoms. The highest BCUT2D eigenvalue weighted by molar-refractivity contribution is 5.86. The summed E-state index contributed by atoms with van der Waals surface area (Å²) in [4.78, 5) is 25.1. The lowest BCUT2D eigenvalue weighted by Crippen LogP contribution is -2.44. The van der Waals surface area contributed by atoms with E-state index in [9.17, 15) is 9.59 Å². The Morgan fingerprint density at radius 3 is 2.71 bits per heavy atom. The summed E-state index contributed by atoms with van der Waals surface area (Å²) in [6, 6.07) is 13.1. The Morgan fingerprint density at radius 1 is 1.25 bits per heavy atom. The van der Waals surface area contributed by atoms with Gasteiger partial charge in [0.2, 0.25) is 0 Å². The minimum absolute atomic E-state index is 0.0681. The van der Waals surface area contributed by atoms with Crippen molar-refractivity contribution < 1.29 is 9.53 Å². The first-order valence-corrected chi connectivity index (χ1v) is 8.33. The molecule has 1 N–H and O–H groups in total. The Labute approximate surface area is 141 Å². The van der Waals surface area contributed by atoms with Gasteiger partial charge in [0.15, 0.2) is 5.60 Å². The lowest BCUT2D eigenvalue weighted by Gasteiger charge is -2.27. The van der Waals surface area contributed by atoms with Gasteiger partial charge < -0.3 is 14.6 Å². The molecule has 1 saturated heterocycles. The zero-order chi connectivity index (χ0) is 17.0. The lowest BCUT2D eigenvalue weighted by atomic mass is 9.90. The lowest BCUT2D eigenvalue weighted by molar-refractivity contribution is -0.142. The fraction of sp³-hybridized carbons (Fsp3) is 0.368. The molecule has 1 aliphatic rings. The predicted octanol–water partition coefficient (Wildman–Crippen LogP) is 2.19. The van der Waals surface area contributed by atoms with E-state index in [4.69, 9.17) is 4.74 Å². The van der Waals surface area contributed by atoms with Gasteiger partial charge in [-0.1, -0.05) is 36.4 Å². The first-order chi connectivity index (χ1) is 11.7. The van der Waals surface area contributed by atoms with Crippen molar-refractivity contribution in [3.05, 3.63) is 70.1 Å². The van der Waals surface area contributed by atoms with Gasteiger partial charge in [-0.2, -0.15) is 0 Å². The van der Waals surface area contributed by atoms with Crippen LogP contribution in [-0.4, -0.2) is 17.1 Å². The predicted molar refractivity (Wildman–Crippen MR) is 91.5 cm³/mol. The molecule has 1 amide bonds. The summed E-state index contributed by atoms with van der Waals surface area (Å²) < 4.78 is 7.48. The summed E-state index contributed by atoms with van der Waals surface area (Å²) in [5.74, 6) is -0.183. The molecule has 1 aromatic carbocycles. The molecule has 2 aromatic rings. The second-order valence-electron chi connectivity index (χ2n) is 5.95. The number of carbonyl (C=O) groups excluding carboxylic acids is 1. The molecule has 0 aliphatic carbocycles. The van der Waals surface area contributed by atoms with Gasteiger partial charge >= 0.3 is 0 Å². The van der Waals surface area contributed by atoms with E-state index in [1.54, 1.807) is 16.8 Å². The van der Waals surface area contributed by atoms with E-state index in [0.29, 0.717) is 25.1 Å². The van der Waals surface area contributed by atoms with Gasteiger partial charge in [0, 0.05) is 31.5 Å². The van der Waals surface area contributed by atoms with Gasteiger partial charge in [-0.05, 0) is 31.4 Å². The molecule has 1 aliphatic heterocycles. The molecule has 24 heavy (non-hydrogen) atoms. The monoisotopic (exact) mass is 326 g/mol. The Morgan fingerprint density at radius 2 is 2.04 bits per heavy atom. The molecule has 3 rings (SSSR count). The third-order valence-electron chi connectivity index (χ3n) is 4.51. The Balaban J connectivity index is 1.80. The van der Waals surface area contributed by atoms with Crippen molar-refractivity contribution in [2.24, 2.45) is 0 Å². The highest BCUT2D eigenvalue weighted by Gasteiger charge is 2.44. The van der Waals surface area contributed by atoms with Gasteiger partial charge in [-0.25, -0.2) is 0 Å². The van der Waals surface area contributed by atoms with Crippen LogP contribution in [0.25, 0.3) is 0 Å². The van der Waals surface area contributed by atoms with Crippen LogP contribution in [0.4, 0.5) is 0 Å². The number of hydrogen-bond donors (Lipinski definition) is 1. The zero-order valence-electron chi connectivity index (χ0n) is 13.8. The molecule has 1 fully saturated rings. The number of aryl methyl sites for hydroxylation is 1. The number of pyridine rings is 1. The molecular formula is C19H22N2O3. The Hall–Kier alpha value is -2.40. The molecule has 0 saturated carbocycles. The van der Waals surface area contributed by atoms with Crippen LogP contribution in [0.3, 0.4) is 0 Å². The van der Waals surface area contributed by atoms with Crippen LogP contribution in [0.2, 0.25) is 0 Å². The fourth-order valence-corrected chi connectivity index (χ4v) is 3.17. The first-order valence-electron chi connectivity index (χ1n) is 8.33. The van der Waals surface area contributed by atoms with Crippen molar-refractivity contribution in [2.45, 2.75) is 38.5 Å². The van der Waals surface area contributed by atoms with Gasteiger partial charge in [-0.3, -0.25) is 9.59 Å². The number of aromatic nitrogens is 1. The van der Waals surface area contributed by atoms with Crippen LogP contribution < -0.4 is 10.9 Å². The summed E-state index contributed by atoms with van der Waals surface area (Å²) in [6.45, 7) is 3.30. The molecule has 0 radical (unpaired) electrons. The average molecular weight is 326 g/mol. The minimum atomic E-state index is -0.945. The van der Waals surface area contributed by atoms with Crippen LogP contribution in [0.5, 0.6) is 0 Å². The molecular weight excluding hydrogens is 304 g/mol. The highest BCUT2D eigenvalue weighted by Crippen LogP contribution is 2.36. The standard InChI is InChI=1S/C19H22N2O3/c1-2-21-12-6-8-15(17(21)22)14-20-18(23)19(11-7-13-24-19)16-9-4-3-5-10-16/h3-6,8-10,12H,2,7,11,13-14H2,1H3,(H,20,23). The maximum Gasteiger partial charge on any atom is 0.257 e. The van der Waals surface area contributed by atoms with Crippen molar-refractivity contribution in [1.29, 1.82) is 0 Å². The van der Waals surface area contributed by atoms with E-state index in [1.807, 2.05) is 43.3 Å². The highest BCUT2D eigenvalue weighted by atomic mass is 16.5. The van der Waals surface area contributed by atoms with Crippen LogP contribution >= 0.6 is 0 Å². The molecule has 1 aromatic heterocycles. The molecule has 126 valence electrons. The van der Waals surface area contributed by atoms with Gasteiger partial charge in [-0.15, -0.1) is 0 Å². The molecule has 5 heteroatoms. The maximum atomic E-state index is 12.9. The van der Waals surface area contributed by atoms with Crippen molar-refractivity contribution in [3.63, 3.8) is 0 Å². The average Bonchev–Trinajstić information content (AvgIpc) is 3.12. The topological polar surface area (TPSA) is 60.3 Å². The molecule has 1 unspecified atom stereocenters. The summed E-state index contributed by atoms with van der Waals surface area (Å²) in [5.41, 5.74) is 0.425. The smallest absolute Gasteiger partial charge is 0.257 e. The summed E-state index contributed by atoms with van der Waals surface area (Å²) in [6.07, 6.45) is 3.24.